The Morgan fingerprint density at radius 3 is 2.92 bits per heavy atom. The van der Waals surface area contributed by atoms with E-state index in [-0.39, 0.29) is 11.9 Å². The van der Waals surface area contributed by atoms with E-state index >= 15 is 0 Å². The first-order valence-electron chi connectivity index (χ1n) is 7.88. The summed E-state index contributed by atoms with van der Waals surface area (Å²) in [5, 5.41) is 8.13. The quantitative estimate of drug-likeness (QED) is 0.702. The van der Waals surface area contributed by atoms with E-state index in [4.69, 9.17) is 9.15 Å². The van der Waals surface area contributed by atoms with Gasteiger partial charge in [0.25, 0.3) is 5.91 Å². The monoisotopic (exact) mass is 352 g/mol. The van der Waals surface area contributed by atoms with Crippen LogP contribution in [0.5, 0.6) is 5.75 Å². The van der Waals surface area contributed by atoms with Gasteiger partial charge in [0.2, 0.25) is 0 Å². The second-order valence-corrected chi connectivity index (χ2v) is 6.59. The fourth-order valence-corrected chi connectivity index (χ4v) is 3.60. The van der Waals surface area contributed by atoms with E-state index in [1.165, 1.54) is 5.01 Å². The topological polar surface area (TPSA) is 55.0 Å². The molecular weight excluding hydrogens is 336 g/mol. The summed E-state index contributed by atoms with van der Waals surface area (Å²) < 4.78 is 10.8. The molecule has 6 heteroatoms. The highest BCUT2D eigenvalue weighted by molar-refractivity contribution is 7.12. The molecule has 5 nitrogen and oxygen atoms in total. The van der Waals surface area contributed by atoms with E-state index in [9.17, 15) is 4.79 Å². The molecule has 0 unspecified atom stereocenters. The fourth-order valence-electron chi connectivity index (χ4n) is 2.88. The zero-order valence-electron chi connectivity index (χ0n) is 13.6. The number of benzene rings is 1. The average Bonchev–Trinajstić information content (AvgIpc) is 3.41. The molecule has 1 aromatic carbocycles. The van der Waals surface area contributed by atoms with Crippen LogP contribution in [0.1, 0.15) is 33.5 Å². The van der Waals surface area contributed by atoms with E-state index in [1.807, 2.05) is 35.7 Å². The first-order chi connectivity index (χ1) is 12.3. The van der Waals surface area contributed by atoms with Crippen LogP contribution in [-0.4, -0.2) is 23.7 Å². The van der Waals surface area contributed by atoms with Crippen molar-refractivity contribution in [3.63, 3.8) is 0 Å². The van der Waals surface area contributed by atoms with Crippen LogP contribution < -0.4 is 4.74 Å². The van der Waals surface area contributed by atoms with Crippen molar-refractivity contribution in [3.8, 4) is 5.75 Å². The molecule has 0 saturated heterocycles. The van der Waals surface area contributed by atoms with Gasteiger partial charge in [0.05, 0.1) is 24.0 Å². The van der Waals surface area contributed by atoms with Crippen LogP contribution in [0.3, 0.4) is 0 Å². The van der Waals surface area contributed by atoms with E-state index in [0.29, 0.717) is 17.7 Å². The minimum Gasteiger partial charge on any atom is -0.497 e. The standard InChI is InChI=1S/C19H16N2O3S/c1-23-14-6-2-5-13(11-14)19(22)21-16(17-7-3-9-24-17)12-15(20-21)18-8-4-10-25-18/h2-11,16H,12H2,1H3/t16-/m1/s1. The number of thiophene rings is 1. The van der Waals surface area contributed by atoms with Crippen LogP contribution in [0, 0.1) is 0 Å². The van der Waals surface area contributed by atoms with Crippen molar-refractivity contribution in [1.82, 2.24) is 5.01 Å². The van der Waals surface area contributed by atoms with Crippen molar-refractivity contribution < 1.29 is 13.9 Å². The Kier molecular flexibility index (Phi) is 4.11. The molecule has 126 valence electrons. The molecule has 0 saturated carbocycles. The summed E-state index contributed by atoms with van der Waals surface area (Å²) in [6.45, 7) is 0. The maximum absolute atomic E-state index is 13.1. The summed E-state index contributed by atoms with van der Waals surface area (Å²) in [5.41, 5.74) is 1.43. The van der Waals surface area contributed by atoms with Gasteiger partial charge in [0.1, 0.15) is 17.6 Å². The maximum Gasteiger partial charge on any atom is 0.274 e. The Morgan fingerprint density at radius 2 is 2.20 bits per heavy atom. The molecule has 4 rings (SSSR count). The number of carbonyl (C=O) groups is 1. The predicted molar refractivity (Wildman–Crippen MR) is 96.1 cm³/mol. The molecule has 1 amide bonds. The molecule has 0 radical (unpaired) electrons. The van der Waals surface area contributed by atoms with Crippen LogP contribution in [0.15, 0.2) is 69.7 Å². The van der Waals surface area contributed by atoms with Crippen molar-refractivity contribution in [2.24, 2.45) is 5.10 Å². The Labute approximate surface area is 149 Å². The first kappa shape index (κ1) is 15.7. The minimum atomic E-state index is -0.245. The normalized spacial score (nSPS) is 16.8. The second-order valence-electron chi connectivity index (χ2n) is 5.64. The molecule has 3 heterocycles. The van der Waals surface area contributed by atoms with E-state index in [1.54, 1.807) is 42.9 Å². The number of ether oxygens (including phenoxy) is 1. The second kappa shape index (κ2) is 6.57. The van der Waals surface area contributed by atoms with Crippen molar-refractivity contribution in [2.75, 3.05) is 7.11 Å². The Balaban J connectivity index is 1.71. The van der Waals surface area contributed by atoms with Crippen LogP contribution in [0.4, 0.5) is 0 Å². The molecule has 0 bridgehead atoms. The number of nitrogens with zero attached hydrogens (tertiary/aromatic N) is 2. The number of carbonyl (C=O) groups excluding carboxylic acids is 1. The molecule has 0 aliphatic carbocycles. The van der Waals surface area contributed by atoms with Crippen LogP contribution >= 0.6 is 11.3 Å². The smallest absolute Gasteiger partial charge is 0.274 e. The van der Waals surface area contributed by atoms with Gasteiger partial charge in [0, 0.05) is 12.0 Å². The summed E-state index contributed by atoms with van der Waals surface area (Å²) in [6, 6.07) is 14.6. The number of hydrogen-bond donors (Lipinski definition) is 0. The minimum absolute atomic E-state index is 0.174. The van der Waals surface area contributed by atoms with Gasteiger partial charge in [-0.15, -0.1) is 11.3 Å². The van der Waals surface area contributed by atoms with Crippen molar-refractivity contribution in [1.29, 1.82) is 0 Å². The molecule has 0 spiro atoms. The lowest BCUT2D eigenvalue weighted by molar-refractivity contribution is 0.0692. The van der Waals surface area contributed by atoms with Crippen LogP contribution in [-0.2, 0) is 0 Å². The SMILES string of the molecule is COc1cccc(C(=O)N2N=C(c3cccs3)C[C@@H]2c2ccco2)c1. The van der Waals surface area contributed by atoms with Crippen molar-refractivity contribution in [3.05, 3.63) is 76.4 Å². The predicted octanol–water partition coefficient (Wildman–Crippen LogP) is 4.34. The Morgan fingerprint density at radius 1 is 1.28 bits per heavy atom. The number of amides is 1. The van der Waals surface area contributed by atoms with Gasteiger partial charge in [-0.1, -0.05) is 12.1 Å². The molecule has 3 aromatic rings. The largest absolute Gasteiger partial charge is 0.497 e. The zero-order valence-corrected chi connectivity index (χ0v) is 14.4. The van der Waals surface area contributed by atoms with E-state index in [0.717, 1.165) is 16.3 Å². The average molecular weight is 352 g/mol. The molecule has 1 aliphatic rings. The molecular formula is C19H16N2O3S. The van der Waals surface area contributed by atoms with Gasteiger partial charge >= 0.3 is 0 Å². The van der Waals surface area contributed by atoms with E-state index < -0.39 is 0 Å². The highest BCUT2D eigenvalue weighted by Crippen LogP contribution is 2.35. The number of hydrogen-bond acceptors (Lipinski definition) is 5. The molecule has 1 atom stereocenters. The number of furan rings is 1. The summed E-state index contributed by atoms with van der Waals surface area (Å²) >= 11 is 1.62. The summed E-state index contributed by atoms with van der Waals surface area (Å²) in [5.74, 6) is 1.19. The molecule has 0 N–H and O–H groups in total. The number of hydrazone groups is 1. The highest BCUT2D eigenvalue weighted by Gasteiger charge is 2.35. The molecule has 0 fully saturated rings. The Bertz CT molecular complexity index is 901. The zero-order chi connectivity index (χ0) is 17.2. The van der Waals surface area contributed by atoms with Gasteiger partial charge in [-0.2, -0.15) is 5.10 Å². The summed E-state index contributed by atoms with van der Waals surface area (Å²) in [4.78, 5) is 14.1. The lowest BCUT2D eigenvalue weighted by Crippen LogP contribution is -2.26. The van der Waals surface area contributed by atoms with Gasteiger partial charge < -0.3 is 9.15 Å². The first-order valence-corrected chi connectivity index (χ1v) is 8.76. The number of methoxy groups -OCH3 is 1. The van der Waals surface area contributed by atoms with Gasteiger partial charge in [0.15, 0.2) is 0 Å². The molecule has 1 aliphatic heterocycles. The highest BCUT2D eigenvalue weighted by atomic mass is 32.1. The van der Waals surface area contributed by atoms with Crippen LogP contribution in [0.2, 0.25) is 0 Å². The summed E-state index contributed by atoms with van der Waals surface area (Å²) in [6.07, 6.45) is 2.25. The maximum atomic E-state index is 13.1. The third-order valence-electron chi connectivity index (χ3n) is 4.11. The van der Waals surface area contributed by atoms with Gasteiger partial charge in [-0.05, 0) is 41.8 Å². The lowest BCUT2D eigenvalue weighted by atomic mass is 10.1. The summed E-state index contributed by atoms with van der Waals surface area (Å²) in [7, 11) is 1.58. The molecule has 2 aromatic heterocycles. The molecule has 25 heavy (non-hydrogen) atoms. The van der Waals surface area contributed by atoms with Gasteiger partial charge in [-0.25, -0.2) is 5.01 Å². The Hall–Kier alpha value is -2.86. The van der Waals surface area contributed by atoms with Crippen molar-refractivity contribution >= 4 is 23.0 Å². The fraction of sp³-hybridized carbons (Fsp3) is 0.158. The number of rotatable bonds is 4. The van der Waals surface area contributed by atoms with Crippen molar-refractivity contribution in [2.45, 2.75) is 12.5 Å². The van der Waals surface area contributed by atoms with Crippen LogP contribution in [0.25, 0.3) is 0 Å². The van der Waals surface area contributed by atoms with Gasteiger partial charge in [-0.3, -0.25) is 4.79 Å². The third-order valence-corrected chi connectivity index (χ3v) is 5.03. The lowest BCUT2D eigenvalue weighted by Gasteiger charge is -2.20. The third kappa shape index (κ3) is 2.96. The van der Waals surface area contributed by atoms with E-state index in [2.05, 4.69) is 5.10 Å².